The molecule has 0 unspecified atom stereocenters. The van der Waals surface area contributed by atoms with Gasteiger partial charge in [0.15, 0.2) is 0 Å². The highest BCUT2D eigenvalue weighted by Crippen LogP contribution is 2.31. The SMILES string of the molecule is CCNCCCOc1c(C)cc(Br)cc1Cl. The Bertz CT molecular complexity index is 321. The van der Waals surface area contributed by atoms with Crippen molar-refractivity contribution in [1.82, 2.24) is 5.32 Å². The second kappa shape index (κ2) is 7.15. The molecule has 1 aromatic rings. The quantitative estimate of drug-likeness (QED) is 0.807. The highest BCUT2D eigenvalue weighted by Gasteiger charge is 2.06. The summed E-state index contributed by atoms with van der Waals surface area (Å²) in [4.78, 5) is 0. The summed E-state index contributed by atoms with van der Waals surface area (Å²) in [5.74, 6) is 0.793. The minimum absolute atomic E-state index is 0.662. The maximum absolute atomic E-state index is 6.10. The van der Waals surface area contributed by atoms with Crippen molar-refractivity contribution in [2.75, 3.05) is 19.7 Å². The van der Waals surface area contributed by atoms with Crippen LogP contribution in [0, 0.1) is 6.92 Å². The molecule has 90 valence electrons. The van der Waals surface area contributed by atoms with Crippen LogP contribution in [0.2, 0.25) is 5.02 Å². The van der Waals surface area contributed by atoms with Gasteiger partial charge in [-0.1, -0.05) is 34.5 Å². The Labute approximate surface area is 110 Å². The smallest absolute Gasteiger partial charge is 0.140 e. The van der Waals surface area contributed by atoms with E-state index in [1.54, 1.807) is 0 Å². The van der Waals surface area contributed by atoms with Gasteiger partial charge in [-0.25, -0.2) is 0 Å². The molecule has 1 N–H and O–H groups in total. The van der Waals surface area contributed by atoms with E-state index in [0.29, 0.717) is 11.6 Å². The molecular weight excluding hydrogens is 289 g/mol. The van der Waals surface area contributed by atoms with E-state index in [4.69, 9.17) is 16.3 Å². The molecule has 0 aliphatic heterocycles. The van der Waals surface area contributed by atoms with Crippen molar-refractivity contribution in [2.45, 2.75) is 20.3 Å². The van der Waals surface area contributed by atoms with Gasteiger partial charge < -0.3 is 10.1 Å². The molecule has 2 nitrogen and oxygen atoms in total. The van der Waals surface area contributed by atoms with Crippen molar-refractivity contribution in [3.8, 4) is 5.75 Å². The second-order valence-corrected chi connectivity index (χ2v) is 4.91. The van der Waals surface area contributed by atoms with Crippen LogP contribution in [0.15, 0.2) is 16.6 Å². The van der Waals surface area contributed by atoms with E-state index in [0.717, 1.165) is 35.3 Å². The second-order valence-electron chi connectivity index (χ2n) is 3.59. The average Bonchev–Trinajstić information content (AvgIpc) is 2.20. The molecule has 0 atom stereocenters. The van der Waals surface area contributed by atoms with Crippen LogP contribution in [0.1, 0.15) is 18.9 Å². The zero-order valence-electron chi connectivity index (χ0n) is 9.65. The number of aryl methyl sites for hydroxylation is 1. The molecule has 0 saturated heterocycles. The Morgan fingerprint density at radius 1 is 1.44 bits per heavy atom. The van der Waals surface area contributed by atoms with Gasteiger partial charge in [-0.15, -0.1) is 0 Å². The molecule has 0 amide bonds. The van der Waals surface area contributed by atoms with Gasteiger partial charge >= 0.3 is 0 Å². The molecule has 0 aliphatic rings. The Balaban J connectivity index is 2.47. The van der Waals surface area contributed by atoms with Gasteiger partial charge in [-0.2, -0.15) is 0 Å². The summed E-state index contributed by atoms with van der Waals surface area (Å²) in [6, 6.07) is 3.86. The molecule has 16 heavy (non-hydrogen) atoms. The first kappa shape index (κ1) is 13.8. The largest absolute Gasteiger partial charge is 0.492 e. The third-order valence-corrected chi connectivity index (χ3v) is 2.93. The molecule has 0 heterocycles. The predicted molar refractivity (Wildman–Crippen MR) is 72.5 cm³/mol. The minimum atomic E-state index is 0.662. The fourth-order valence-electron chi connectivity index (χ4n) is 1.42. The van der Waals surface area contributed by atoms with E-state index >= 15 is 0 Å². The number of ether oxygens (including phenoxy) is 1. The average molecular weight is 307 g/mol. The summed E-state index contributed by atoms with van der Waals surface area (Å²) in [6.45, 7) is 6.75. The summed E-state index contributed by atoms with van der Waals surface area (Å²) in [5.41, 5.74) is 1.06. The number of benzene rings is 1. The number of halogens is 2. The van der Waals surface area contributed by atoms with Gasteiger partial charge in [-0.3, -0.25) is 0 Å². The van der Waals surface area contributed by atoms with E-state index in [1.807, 2.05) is 19.1 Å². The zero-order chi connectivity index (χ0) is 12.0. The van der Waals surface area contributed by atoms with Crippen molar-refractivity contribution < 1.29 is 4.74 Å². The lowest BCUT2D eigenvalue weighted by Crippen LogP contribution is -2.16. The number of hydrogen-bond acceptors (Lipinski definition) is 2. The highest BCUT2D eigenvalue weighted by atomic mass is 79.9. The van der Waals surface area contributed by atoms with Crippen LogP contribution in [-0.2, 0) is 0 Å². The molecule has 0 saturated carbocycles. The lowest BCUT2D eigenvalue weighted by molar-refractivity contribution is 0.307. The van der Waals surface area contributed by atoms with Crippen LogP contribution in [0.25, 0.3) is 0 Å². The molecular formula is C12H17BrClNO. The van der Waals surface area contributed by atoms with Crippen molar-refractivity contribution in [1.29, 1.82) is 0 Å². The van der Waals surface area contributed by atoms with Crippen LogP contribution < -0.4 is 10.1 Å². The lowest BCUT2D eigenvalue weighted by Gasteiger charge is -2.11. The minimum Gasteiger partial charge on any atom is -0.492 e. The monoisotopic (exact) mass is 305 g/mol. The fraction of sp³-hybridized carbons (Fsp3) is 0.500. The van der Waals surface area contributed by atoms with Gasteiger partial charge in [0.05, 0.1) is 11.6 Å². The predicted octanol–water partition coefficient (Wildman–Crippen LogP) is 3.79. The molecule has 0 spiro atoms. The lowest BCUT2D eigenvalue weighted by atomic mass is 10.2. The van der Waals surface area contributed by atoms with Gasteiger partial charge in [0, 0.05) is 4.47 Å². The summed E-state index contributed by atoms with van der Waals surface area (Å²) >= 11 is 9.50. The molecule has 0 bridgehead atoms. The Morgan fingerprint density at radius 2 is 2.19 bits per heavy atom. The number of hydrogen-bond donors (Lipinski definition) is 1. The third kappa shape index (κ3) is 4.32. The molecule has 0 aliphatic carbocycles. The molecule has 0 radical (unpaired) electrons. The van der Waals surface area contributed by atoms with E-state index in [2.05, 4.69) is 28.2 Å². The van der Waals surface area contributed by atoms with Crippen molar-refractivity contribution in [3.05, 3.63) is 27.2 Å². The number of nitrogens with one attached hydrogen (secondary N) is 1. The van der Waals surface area contributed by atoms with Crippen LogP contribution in [0.4, 0.5) is 0 Å². The molecule has 4 heteroatoms. The van der Waals surface area contributed by atoms with Crippen molar-refractivity contribution in [3.63, 3.8) is 0 Å². The topological polar surface area (TPSA) is 21.3 Å². The van der Waals surface area contributed by atoms with Gasteiger partial charge in [0.2, 0.25) is 0 Å². The summed E-state index contributed by atoms with van der Waals surface area (Å²) in [6.07, 6.45) is 0.986. The van der Waals surface area contributed by atoms with Crippen molar-refractivity contribution in [2.24, 2.45) is 0 Å². The molecule has 1 aromatic carbocycles. The molecule has 0 fully saturated rings. The van der Waals surface area contributed by atoms with E-state index < -0.39 is 0 Å². The summed E-state index contributed by atoms with van der Waals surface area (Å²) in [5, 5.41) is 3.91. The third-order valence-electron chi connectivity index (χ3n) is 2.19. The van der Waals surface area contributed by atoms with Crippen molar-refractivity contribution >= 4 is 27.5 Å². The van der Waals surface area contributed by atoms with Crippen LogP contribution >= 0.6 is 27.5 Å². The maximum Gasteiger partial charge on any atom is 0.140 e. The maximum atomic E-state index is 6.10. The summed E-state index contributed by atoms with van der Waals surface area (Å²) in [7, 11) is 0. The fourth-order valence-corrected chi connectivity index (χ4v) is 2.45. The Hall–Kier alpha value is -0.250. The van der Waals surface area contributed by atoms with E-state index in [9.17, 15) is 0 Å². The summed E-state index contributed by atoms with van der Waals surface area (Å²) < 4.78 is 6.66. The van der Waals surface area contributed by atoms with Crippen LogP contribution in [-0.4, -0.2) is 19.7 Å². The first-order valence-electron chi connectivity index (χ1n) is 5.44. The number of rotatable bonds is 6. The van der Waals surface area contributed by atoms with Crippen LogP contribution in [0.3, 0.4) is 0 Å². The normalized spacial score (nSPS) is 10.5. The van der Waals surface area contributed by atoms with Gasteiger partial charge in [0.25, 0.3) is 0 Å². The Kier molecular flexibility index (Phi) is 6.17. The molecule has 0 aromatic heterocycles. The van der Waals surface area contributed by atoms with Gasteiger partial charge in [0.1, 0.15) is 5.75 Å². The molecule has 1 rings (SSSR count). The highest BCUT2D eigenvalue weighted by molar-refractivity contribution is 9.10. The first-order chi connectivity index (χ1) is 7.65. The Morgan fingerprint density at radius 3 is 2.81 bits per heavy atom. The standard InChI is InChI=1S/C12H17BrClNO/c1-3-15-5-4-6-16-12-9(2)7-10(13)8-11(12)14/h7-8,15H,3-6H2,1-2H3. The zero-order valence-corrected chi connectivity index (χ0v) is 12.0. The van der Waals surface area contributed by atoms with E-state index in [1.165, 1.54) is 0 Å². The van der Waals surface area contributed by atoms with E-state index in [-0.39, 0.29) is 0 Å². The van der Waals surface area contributed by atoms with Crippen LogP contribution in [0.5, 0.6) is 5.75 Å². The van der Waals surface area contributed by atoms with Gasteiger partial charge in [-0.05, 0) is 44.1 Å². The first-order valence-corrected chi connectivity index (χ1v) is 6.61.